The van der Waals surface area contributed by atoms with Crippen molar-refractivity contribution in [3.63, 3.8) is 0 Å². The van der Waals surface area contributed by atoms with Gasteiger partial charge in [0.1, 0.15) is 5.83 Å². The van der Waals surface area contributed by atoms with Crippen LogP contribution in [-0.4, -0.2) is 17.6 Å². The fourth-order valence-electron chi connectivity index (χ4n) is 0.781. The van der Waals surface area contributed by atoms with Gasteiger partial charge >= 0.3 is 6.18 Å². The predicted molar refractivity (Wildman–Crippen MR) is 45.3 cm³/mol. The van der Waals surface area contributed by atoms with E-state index in [2.05, 4.69) is 6.58 Å². The standard InChI is InChI=1S/C9H11F5O/c1-4-5(9(12,13)14)6(10)8(2,3)7(11)15/h4,7,15H,1H2,2-3H3/b6-5-. The molecule has 0 saturated carbocycles. The number of hydrogen-bond acceptors (Lipinski definition) is 1. The minimum Gasteiger partial charge on any atom is -0.363 e. The average Bonchev–Trinajstić information content (AvgIpc) is 2.02. The lowest BCUT2D eigenvalue weighted by Gasteiger charge is -2.25. The number of aliphatic hydroxyl groups is 1. The van der Waals surface area contributed by atoms with E-state index in [9.17, 15) is 22.0 Å². The Morgan fingerprint density at radius 1 is 1.33 bits per heavy atom. The van der Waals surface area contributed by atoms with Crippen LogP contribution in [0.15, 0.2) is 24.1 Å². The lowest BCUT2D eigenvalue weighted by atomic mass is 9.88. The second-order valence-electron chi connectivity index (χ2n) is 3.49. The highest BCUT2D eigenvalue weighted by molar-refractivity contribution is 5.28. The smallest absolute Gasteiger partial charge is 0.363 e. The van der Waals surface area contributed by atoms with E-state index in [-0.39, 0.29) is 6.08 Å². The SMILES string of the molecule is C=C/C(=C(/F)C(C)(C)C(O)F)C(F)(F)F. The Balaban J connectivity index is 5.50. The van der Waals surface area contributed by atoms with Crippen molar-refractivity contribution in [2.75, 3.05) is 0 Å². The minimum absolute atomic E-state index is 0.249. The number of allylic oxidation sites excluding steroid dienone is 2. The maximum absolute atomic E-state index is 13.3. The molecule has 0 aromatic carbocycles. The fourth-order valence-corrected chi connectivity index (χ4v) is 0.781. The zero-order chi connectivity index (χ0) is 12.4. The summed E-state index contributed by atoms with van der Waals surface area (Å²) in [6.07, 6.45) is -7.44. The van der Waals surface area contributed by atoms with Gasteiger partial charge in [-0.3, -0.25) is 0 Å². The molecule has 1 atom stereocenters. The zero-order valence-corrected chi connectivity index (χ0v) is 8.20. The van der Waals surface area contributed by atoms with Gasteiger partial charge in [0.15, 0.2) is 0 Å². The molecule has 1 nitrogen and oxygen atoms in total. The molecule has 0 amide bonds. The maximum Gasteiger partial charge on any atom is 0.418 e. The molecular weight excluding hydrogens is 219 g/mol. The molecule has 0 rings (SSSR count). The lowest BCUT2D eigenvalue weighted by molar-refractivity contribution is -0.0958. The van der Waals surface area contributed by atoms with Crippen LogP contribution >= 0.6 is 0 Å². The lowest BCUT2D eigenvalue weighted by Crippen LogP contribution is -2.29. The Bertz CT molecular complexity index is 275. The highest BCUT2D eigenvalue weighted by Gasteiger charge is 2.42. The summed E-state index contributed by atoms with van der Waals surface area (Å²) in [7, 11) is 0. The largest absolute Gasteiger partial charge is 0.418 e. The number of halogens is 5. The maximum atomic E-state index is 13.3. The molecule has 0 aliphatic carbocycles. The summed E-state index contributed by atoms with van der Waals surface area (Å²) in [6, 6.07) is 0. The second-order valence-corrected chi connectivity index (χ2v) is 3.49. The quantitative estimate of drug-likeness (QED) is 0.582. The normalized spacial score (nSPS) is 17.1. The Morgan fingerprint density at radius 3 is 1.93 bits per heavy atom. The number of hydrogen-bond donors (Lipinski definition) is 1. The monoisotopic (exact) mass is 230 g/mol. The second kappa shape index (κ2) is 4.30. The first-order valence-electron chi connectivity index (χ1n) is 3.97. The first-order valence-corrected chi connectivity index (χ1v) is 3.97. The van der Waals surface area contributed by atoms with Crippen molar-refractivity contribution in [1.82, 2.24) is 0 Å². The third kappa shape index (κ3) is 3.02. The van der Waals surface area contributed by atoms with E-state index in [4.69, 9.17) is 5.11 Å². The molecule has 1 N–H and O–H groups in total. The molecule has 88 valence electrons. The van der Waals surface area contributed by atoms with Crippen LogP contribution in [-0.2, 0) is 0 Å². The molecule has 1 unspecified atom stereocenters. The van der Waals surface area contributed by atoms with Gasteiger partial charge in [-0.25, -0.2) is 8.78 Å². The molecule has 0 aliphatic heterocycles. The van der Waals surface area contributed by atoms with E-state index in [1.165, 1.54) is 0 Å². The molecule has 0 aromatic rings. The molecule has 0 aromatic heterocycles. The van der Waals surface area contributed by atoms with Crippen LogP contribution < -0.4 is 0 Å². The third-order valence-corrected chi connectivity index (χ3v) is 1.91. The van der Waals surface area contributed by atoms with Gasteiger partial charge in [-0.05, 0) is 13.8 Å². The Hall–Kier alpha value is -0.910. The van der Waals surface area contributed by atoms with Crippen molar-refractivity contribution >= 4 is 0 Å². The van der Waals surface area contributed by atoms with Crippen molar-refractivity contribution in [1.29, 1.82) is 0 Å². The van der Waals surface area contributed by atoms with Crippen molar-refractivity contribution in [3.05, 3.63) is 24.1 Å². The van der Waals surface area contributed by atoms with Crippen LogP contribution in [0.1, 0.15) is 13.8 Å². The van der Waals surface area contributed by atoms with Crippen LogP contribution in [0.5, 0.6) is 0 Å². The summed E-state index contributed by atoms with van der Waals surface area (Å²) in [4.78, 5) is 0. The molecule has 15 heavy (non-hydrogen) atoms. The van der Waals surface area contributed by atoms with Gasteiger partial charge in [-0.2, -0.15) is 13.2 Å². The van der Waals surface area contributed by atoms with Crippen molar-refractivity contribution < 1.29 is 27.1 Å². The van der Waals surface area contributed by atoms with Crippen LogP contribution in [0.25, 0.3) is 0 Å². The first-order chi connectivity index (χ1) is 6.55. The number of aliphatic hydroxyl groups excluding tert-OH is 1. The average molecular weight is 230 g/mol. The van der Waals surface area contributed by atoms with Gasteiger partial charge in [-0.15, -0.1) is 0 Å². The molecule has 0 aliphatic rings. The van der Waals surface area contributed by atoms with Crippen molar-refractivity contribution in [2.24, 2.45) is 5.41 Å². The van der Waals surface area contributed by atoms with Crippen molar-refractivity contribution in [3.8, 4) is 0 Å². The van der Waals surface area contributed by atoms with Gasteiger partial charge in [-0.1, -0.05) is 12.7 Å². The summed E-state index contributed by atoms with van der Waals surface area (Å²) in [5.74, 6) is -1.78. The summed E-state index contributed by atoms with van der Waals surface area (Å²) in [5, 5.41) is 8.52. The molecule has 0 radical (unpaired) electrons. The summed E-state index contributed by atoms with van der Waals surface area (Å²) < 4.78 is 62.3. The predicted octanol–water partition coefficient (Wildman–Crippen LogP) is 3.27. The molecule has 0 fully saturated rings. The molecule has 0 heterocycles. The van der Waals surface area contributed by atoms with E-state index in [1.807, 2.05) is 0 Å². The van der Waals surface area contributed by atoms with Gasteiger partial charge in [0, 0.05) is 0 Å². The van der Waals surface area contributed by atoms with Gasteiger partial charge in [0.25, 0.3) is 0 Å². The highest BCUT2D eigenvalue weighted by Crippen LogP contribution is 2.40. The van der Waals surface area contributed by atoms with E-state index in [0.29, 0.717) is 0 Å². The van der Waals surface area contributed by atoms with Crippen LogP contribution in [0.2, 0.25) is 0 Å². The molecule has 0 saturated heterocycles. The fraction of sp³-hybridized carbons (Fsp3) is 0.556. The van der Waals surface area contributed by atoms with Crippen LogP contribution in [0.3, 0.4) is 0 Å². The minimum atomic E-state index is -4.96. The highest BCUT2D eigenvalue weighted by atomic mass is 19.4. The third-order valence-electron chi connectivity index (χ3n) is 1.91. The summed E-state index contributed by atoms with van der Waals surface area (Å²) >= 11 is 0. The number of alkyl halides is 4. The van der Waals surface area contributed by atoms with Crippen LogP contribution in [0, 0.1) is 5.41 Å². The topological polar surface area (TPSA) is 20.2 Å². The molecule has 0 bridgehead atoms. The van der Waals surface area contributed by atoms with E-state index < -0.39 is 29.3 Å². The molecule has 0 spiro atoms. The zero-order valence-electron chi connectivity index (χ0n) is 8.20. The van der Waals surface area contributed by atoms with Gasteiger partial charge in [0.2, 0.25) is 6.36 Å². The first kappa shape index (κ1) is 14.1. The van der Waals surface area contributed by atoms with Gasteiger partial charge in [0.05, 0.1) is 11.0 Å². The van der Waals surface area contributed by atoms with Gasteiger partial charge < -0.3 is 5.11 Å². The van der Waals surface area contributed by atoms with Crippen LogP contribution in [0.4, 0.5) is 22.0 Å². The Labute approximate surface area is 83.9 Å². The Morgan fingerprint density at radius 2 is 1.73 bits per heavy atom. The Kier molecular flexibility index (Phi) is 4.04. The molecule has 6 heteroatoms. The summed E-state index contributed by atoms with van der Waals surface area (Å²) in [6.45, 7) is 4.44. The summed E-state index contributed by atoms with van der Waals surface area (Å²) in [5.41, 5.74) is -3.93. The van der Waals surface area contributed by atoms with Crippen molar-refractivity contribution in [2.45, 2.75) is 26.4 Å². The number of rotatable bonds is 3. The molecular formula is C9H11F5O. The van der Waals surface area contributed by atoms with E-state index in [0.717, 1.165) is 13.8 Å². The van der Waals surface area contributed by atoms with E-state index in [1.54, 1.807) is 0 Å². The van der Waals surface area contributed by atoms with E-state index >= 15 is 0 Å².